The normalized spacial score (nSPS) is 12.7. The number of aliphatic hydroxyl groups excluding tert-OH is 1. The average Bonchev–Trinajstić information content (AvgIpc) is 4.06. The molecule has 0 radical (unpaired) electrons. The van der Waals surface area contributed by atoms with Gasteiger partial charge in [0.25, 0.3) is 0 Å². The fourth-order valence-electron chi connectivity index (χ4n) is 6.84. The molecule has 1 fully saturated rings. The quantitative estimate of drug-likeness (QED) is 0.114. The molecule has 0 bridgehead atoms. The summed E-state index contributed by atoms with van der Waals surface area (Å²) in [7, 11) is 8.95. The maximum Gasteiger partial charge on any atom is 1.00 e. The summed E-state index contributed by atoms with van der Waals surface area (Å²) in [4.78, 5) is 33.8. The Kier molecular flexibility index (Phi) is 26.4. The van der Waals surface area contributed by atoms with Crippen molar-refractivity contribution in [3.8, 4) is 22.5 Å². The summed E-state index contributed by atoms with van der Waals surface area (Å²) in [5.74, 6) is -1.89. The molecule has 0 unspecified atom stereocenters. The van der Waals surface area contributed by atoms with E-state index in [1.54, 1.807) is 52.0 Å². The minimum Gasteiger partial charge on any atom is -0.870 e. The number of nitrogens with zero attached hydrogens (tertiary/aromatic N) is 6. The Balaban J connectivity index is 0.000000462. The number of carboxylic acid groups (broad SMARTS) is 1. The summed E-state index contributed by atoms with van der Waals surface area (Å²) in [5.41, 5.74) is 7.89. The number of ether oxygens (including phenoxy) is 2. The summed E-state index contributed by atoms with van der Waals surface area (Å²) in [5, 5.41) is 29.8. The van der Waals surface area contributed by atoms with Crippen LogP contribution in [0.1, 0.15) is 96.2 Å². The molecule has 374 valence electrons. The van der Waals surface area contributed by atoms with Crippen molar-refractivity contribution in [3.05, 3.63) is 126 Å². The van der Waals surface area contributed by atoms with Gasteiger partial charge in [-0.25, -0.2) is 14.4 Å². The third-order valence-corrected chi connectivity index (χ3v) is 13.3. The Morgan fingerprint density at radius 3 is 1.40 bits per heavy atom. The SMILES string of the molecule is CCc1cnn(C)c1-c1cccc(C(=O)O)c1Cl.CCc1cnn(C)c1-c1cccc(C(=O)OC)c1Cl.CCc1cnn(C)c1B1OC(C)(C)C(C)(C)O1.CO.COC(=O)c1cccc(Br)c1Cl.[Na+].[OH-]. The van der Waals surface area contributed by atoms with Crippen LogP contribution in [0.4, 0.5) is 0 Å². The van der Waals surface area contributed by atoms with Crippen molar-refractivity contribution in [3.63, 3.8) is 0 Å². The van der Waals surface area contributed by atoms with Gasteiger partial charge in [-0.1, -0.05) is 85.9 Å². The van der Waals surface area contributed by atoms with E-state index in [4.69, 9.17) is 59.1 Å². The predicted octanol–water partition coefficient (Wildman–Crippen LogP) is 6.70. The van der Waals surface area contributed by atoms with Crippen LogP contribution in [0.5, 0.6) is 0 Å². The van der Waals surface area contributed by atoms with Gasteiger partial charge < -0.3 is 34.5 Å². The van der Waals surface area contributed by atoms with Crippen LogP contribution in [-0.2, 0) is 59.2 Å². The van der Waals surface area contributed by atoms with Gasteiger partial charge in [0.1, 0.15) is 0 Å². The van der Waals surface area contributed by atoms with Crippen LogP contribution in [0.15, 0.2) is 77.7 Å². The number of hydrogen-bond donors (Lipinski definition) is 2. The molecular weight excluding hydrogens is 1040 g/mol. The molecule has 0 aliphatic carbocycles. The fraction of sp³-hybridized carbons (Fsp3) is 0.375. The van der Waals surface area contributed by atoms with E-state index in [0.717, 1.165) is 60.0 Å². The number of carboxylic acids is 1. The van der Waals surface area contributed by atoms with Crippen molar-refractivity contribution >= 4 is 81.4 Å². The number of benzene rings is 3. The van der Waals surface area contributed by atoms with Gasteiger partial charge in [0.15, 0.2) is 0 Å². The minimum atomic E-state index is -1.03. The molecule has 4 heterocycles. The summed E-state index contributed by atoms with van der Waals surface area (Å²) in [6.45, 7) is 14.5. The molecular formula is C48H60BBrCl3N6NaO10. The zero-order valence-corrected chi connectivity index (χ0v) is 47.9. The molecule has 70 heavy (non-hydrogen) atoms. The van der Waals surface area contributed by atoms with Crippen LogP contribution in [0.2, 0.25) is 15.1 Å². The number of hydrogen-bond acceptors (Lipinski definition) is 12. The molecule has 7 rings (SSSR count). The van der Waals surface area contributed by atoms with Gasteiger partial charge in [-0.2, -0.15) is 15.3 Å². The first-order valence-corrected chi connectivity index (χ1v) is 23.3. The Bertz CT molecular complexity index is 2680. The Morgan fingerprint density at radius 2 is 1.00 bits per heavy atom. The number of esters is 2. The van der Waals surface area contributed by atoms with Crippen LogP contribution in [0, 0.1) is 0 Å². The van der Waals surface area contributed by atoms with Crippen LogP contribution in [0.25, 0.3) is 22.5 Å². The second-order valence-corrected chi connectivity index (χ2v) is 17.8. The van der Waals surface area contributed by atoms with Gasteiger partial charge in [-0.3, -0.25) is 14.0 Å². The van der Waals surface area contributed by atoms with Crippen molar-refractivity contribution in [2.45, 2.75) is 78.9 Å². The molecule has 6 aromatic rings. The van der Waals surface area contributed by atoms with Crippen molar-refractivity contribution < 1.29 is 78.4 Å². The first-order valence-electron chi connectivity index (χ1n) is 21.3. The minimum absolute atomic E-state index is 0. The summed E-state index contributed by atoms with van der Waals surface area (Å²) < 4.78 is 27.4. The van der Waals surface area contributed by atoms with Crippen LogP contribution in [0.3, 0.4) is 0 Å². The van der Waals surface area contributed by atoms with E-state index >= 15 is 0 Å². The number of rotatable bonds is 9. The second kappa shape index (κ2) is 28.9. The van der Waals surface area contributed by atoms with Crippen molar-refractivity contribution in [2.24, 2.45) is 21.1 Å². The van der Waals surface area contributed by atoms with Gasteiger partial charge >= 0.3 is 54.6 Å². The molecule has 0 amide bonds. The van der Waals surface area contributed by atoms with E-state index in [-0.39, 0.29) is 63.9 Å². The van der Waals surface area contributed by atoms with Crippen LogP contribution < -0.4 is 35.2 Å². The summed E-state index contributed by atoms with van der Waals surface area (Å²) >= 11 is 21.5. The number of aromatic carboxylic acids is 1. The number of aromatic nitrogens is 6. The first kappa shape index (κ1) is 64.0. The Labute approximate surface area is 455 Å². The molecule has 0 saturated carbocycles. The van der Waals surface area contributed by atoms with Gasteiger partial charge in [-0.05, 0) is 104 Å². The van der Waals surface area contributed by atoms with E-state index in [9.17, 15) is 14.4 Å². The predicted molar refractivity (Wildman–Crippen MR) is 273 cm³/mol. The standard InChI is InChI=1S/C14H15ClN2O2.C13H13ClN2O2.C12H21BN2O2.C8H6BrClO2.CH4O.Na.H2O/c1-4-9-8-16-17(2)13(9)10-6-5-7-11(12(10)15)14(18)19-3;1-3-8-7-15-16(2)12(8)9-5-4-6-10(11(9)14)13(17)18;1-7-9-8-14-15(6)10(9)13-16-11(2,3)12(4,5)17-13;1-12-8(11)5-3-2-4-6(9)7(5)10;1-2;;/h5-8H,4H2,1-3H3;4-7H,3H2,1-2H3,(H,17,18);8H,7H2,1-6H3;2-4H,1H3;2H,1H3;;1H2/q;;;;;+1;/p-1. The monoisotopic (exact) mass is 1100 g/mol. The van der Waals surface area contributed by atoms with Crippen LogP contribution >= 0.6 is 50.7 Å². The number of carbonyl (C=O) groups excluding carboxylic acids is 2. The number of carbonyl (C=O) groups is 3. The Morgan fingerprint density at radius 1 is 0.643 bits per heavy atom. The zero-order valence-electron chi connectivity index (χ0n) is 42.0. The van der Waals surface area contributed by atoms with E-state index in [1.807, 2.05) is 57.3 Å². The zero-order chi connectivity index (χ0) is 51.3. The third-order valence-electron chi connectivity index (χ3n) is 11.2. The number of halogens is 4. The number of methoxy groups -OCH3 is 2. The molecule has 0 spiro atoms. The molecule has 1 aliphatic rings. The third kappa shape index (κ3) is 15.0. The maximum atomic E-state index is 11.7. The topological polar surface area (TPSA) is 212 Å². The molecule has 3 aromatic heterocycles. The molecule has 22 heteroatoms. The molecule has 3 aromatic carbocycles. The smallest absolute Gasteiger partial charge is 0.870 e. The number of aliphatic hydroxyl groups is 1. The largest absolute Gasteiger partial charge is 1.00 e. The van der Waals surface area contributed by atoms with Crippen molar-refractivity contribution in [2.75, 3.05) is 21.3 Å². The van der Waals surface area contributed by atoms with E-state index < -0.39 is 17.9 Å². The van der Waals surface area contributed by atoms with Crippen molar-refractivity contribution in [1.82, 2.24) is 29.3 Å². The second-order valence-electron chi connectivity index (χ2n) is 15.8. The Hall–Kier alpha value is -4.05. The van der Waals surface area contributed by atoms with Gasteiger partial charge in [0, 0.05) is 43.9 Å². The van der Waals surface area contributed by atoms with E-state index in [2.05, 4.69) is 77.5 Å². The summed E-state index contributed by atoms with van der Waals surface area (Å²) in [6.07, 6.45) is 8.09. The van der Waals surface area contributed by atoms with E-state index in [1.165, 1.54) is 25.8 Å². The maximum absolute atomic E-state index is 11.7. The molecule has 3 N–H and O–H groups in total. The van der Waals surface area contributed by atoms with Gasteiger partial charge in [-0.15, -0.1) is 0 Å². The van der Waals surface area contributed by atoms with Crippen molar-refractivity contribution in [1.29, 1.82) is 0 Å². The van der Waals surface area contributed by atoms with E-state index in [0.29, 0.717) is 31.2 Å². The van der Waals surface area contributed by atoms with Gasteiger partial charge in [0.2, 0.25) is 0 Å². The first-order chi connectivity index (χ1) is 32.1. The summed E-state index contributed by atoms with van der Waals surface area (Å²) in [6, 6.07) is 15.4. The number of aryl methyl sites for hydroxylation is 6. The molecule has 1 saturated heterocycles. The van der Waals surface area contributed by atoms with Gasteiger partial charge in [0.05, 0.1) is 92.8 Å². The molecule has 0 atom stereocenters. The molecule has 1 aliphatic heterocycles. The average molecular weight is 1100 g/mol. The molecule has 16 nitrogen and oxygen atoms in total. The fourth-order valence-corrected chi connectivity index (χ4v) is 7.99. The van der Waals surface area contributed by atoms with Crippen LogP contribution in [-0.4, -0.2) is 103 Å².